The molecule has 15 heavy (non-hydrogen) atoms. The second-order valence-corrected chi connectivity index (χ2v) is 4.46. The maximum atomic E-state index is 11.7. The van der Waals surface area contributed by atoms with Crippen LogP contribution in [0.25, 0.3) is 0 Å². The molecular formula is C9H11Cl2NO3. The van der Waals surface area contributed by atoms with Gasteiger partial charge < -0.3 is 14.4 Å². The van der Waals surface area contributed by atoms with E-state index >= 15 is 0 Å². The van der Waals surface area contributed by atoms with Gasteiger partial charge in [0.05, 0.1) is 18.9 Å². The Kier molecular flexibility index (Phi) is 2.71. The molecule has 0 aromatic carbocycles. The molecule has 0 radical (unpaired) electrons. The van der Waals surface area contributed by atoms with E-state index in [-0.39, 0.29) is 10.8 Å². The van der Waals surface area contributed by atoms with E-state index in [1.54, 1.807) is 19.0 Å². The van der Waals surface area contributed by atoms with E-state index in [2.05, 4.69) is 0 Å². The van der Waals surface area contributed by atoms with Gasteiger partial charge in [-0.25, -0.2) is 0 Å². The second kappa shape index (κ2) is 3.63. The molecule has 4 nitrogen and oxygen atoms in total. The molecule has 0 N–H and O–H groups in total. The van der Waals surface area contributed by atoms with E-state index in [9.17, 15) is 4.79 Å². The van der Waals surface area contributed by atoms with Crippen LogP contribution in [0.1, 0.15) is 0 Å². The molecule has 1 spiro atoms. The first-order valence-electron chi connectivity index (χ1n) is 4.54. The molecule has 0 aromatic rings. The van der Waals surface area contributed by atoms with Gasteiger partial charge in [-0.2, -0.15) is 0 Å². The van der Waals surface area contributed by atoms with Crippen LogP contribution in [0.4, 0.5) is 0 Å². The van der Waals surface area contributed by atoms with Gasteiger partial charge in [-0.05, 0) is 0 Å². The van der Waals surface area contributed by atoms with Crippen molar-refractivity contribution in [1.82, 2.24) is 4.90 Å². The highest BCUT2D eigenvalue weighted by Crippen LogP contribution is 2.45. The number of Topliss-reactive ketones (excluding diaryl/α,β-unsaturated/α-hetero) is 1. The summed E-state index contributed by atoms with van der Waals surface area (Å²) < 4.78 is 10.9. The van der Waals surface area contributed by atoms with Crippen molar-refractivity contribution in [2.24, 2.45) is 0 Å². The van der Waals surface area contributed by atoms with Crippen molar-refractivity contribution >= 4 is 29.0 Å². The average molecular weight is 252 g/mol. The van der Waals surface area contributed by atoms with Gasteiger partial charge in [0, 0.05) is 14.1 Å². The van der Waals surface area contributed by atoms with Crippen LogP contribution in [0.5, 0.6) is 0 Å². The number of likely N-dealkylation sites (N-methyl/N-ethyl adjacent to an activating group) is 1. The first kappa shape index (κ1) is 11.2. The molecule has 1 saturated heterocycles. The fraction of sp³-hybridized carbons (Fsp3) is 0.667. The number of alkyl halides is 1. The summed E-state index contributed by atoms with van der Waals surface area (Å²) in [7, 11) is 3.54. The zero-order valence-corrected chi connectivity index (χ0v) is 9.93. The van der Waals surface area contributed by atoms with E-state index in [0.717, 1.165) is 0 Å². The van der Waals surface area contributed by atoms with Crippen LogP contribution in [0.2, 0.25) is 0 Å². The Morgan fingerprint density at radius 2 is 1.93 bits per heavy atom. The Morgan fingerprint density at radius 3 is 2.40 bits per heavy atom. The van der Waals surface area contributed by atoms with Crippen LogP contribution in [0.15, 0.2) is 10.7 Å². The monoisotopic (exact) mass is 251 g/mol. The van der Waals surface area contributed by atoms with E-state index in [1.807, 2.05) is 0 Å². The minimum atomic E-state index is -1.18. The highest BCUT2D eigenvalue weighted by atomic mass is 35.5. The molecule has 2 aliphatic rings. The second-order valence-electron chi connectivity index (χ2n) is 3.65. The topological polar surface area (TPSA) is 38.8 Å². The van der Waals surface area contributed by atoms with Gasteiger partial charge in [-0.1, -0.05) is 11.6 Å². The smallest absolute Gasteiger partial charge is 0.236 e. The number of nitrogens with zero attached hydrogens (tertiary/aromatic N) is 1. The molecule has 0 amide bonds. The lowest BCUT2D eigenvalue weighted by Crippen LogP contribution is -2.44. The number of carbonyl (C=O) groups excluding carboxylic acids is 1. The summed E-state index contributed by atoms with van der Waals surface area (Å²) in [5, 5.41) is -0.799. The summed E-state index contributed by atoms with van der Waals surface area (Å²) >= 11 is 11.9. The Bertz CT molecular complexity index is 334. The average Bonchev–Trinajstić information content (AvgIpc) is 2.70. The Balaban J connectivity index is 2.49. The lowest BCUT2D eigenvalue weighted by molar-refractivity contribution is -0.143. The standard InChI is InChI=1S/C9H11Cl2NO3/c1-12(2)8-5(10)6(13)7(11)9(8)14-3-4-15-9/h7H,3-4H2,1-2H3/t7-/m0/s1. The molecule has 0 unspecified atom stereocenters. The lowest BCUT2D eigenvalue weighted by Gasteiger charge is -2.31. The number of allylic oxidation sites excluding steroid dienone is 1. The quantitative estimate of drug-likeness (QED) is 0.651. The SMILES string of the molecule is CN(C)C1=C(Cl)C(=O)[C@H](Cl)C12OCCO2. The maximum absolute atomic E-state index is 11.7. The molecule has 84 valence electrons. The molecule has 2 rings (SSSR count). The molecule has 1 aliphatic carbocycles. The van der Waals surface area contributed by atoms with Gasteiger partial charge in [0.2, 0.25) is 5.79 Å². The van der Waals surface area contributed by atoms with E-state index in [1.165, 1.54) is 0 Å². The van der Waals surface area contributed by atoms with Gasteiger partial charge >= 0.3 is 0 Å². The summed E-state index contributed by atoms with van der Waals surface area (Å²) in [5.41, 5.74) is 0.506. The van der Waals surface area contributed by atoms with E-state index in [4.69, 9.17) is 32.7 Å². The Hall–Kier alpha value is -0.290. The number of ether oxygens (including phenoxy) is 2. The van der Waals surface area contributed by atoms with Crippen molar-refractivity contribution in [3.05, 3.63) is 10.7 Å². The van der Waals surface area contributed by atoms with Crippen molar-refractivity contribution in [2.45, 2.75) is 11.2 Å². The molecule has 0 bridgehead atoms. The van der Waals surface area contributed by atoms with Crippen LogP contribution in [0, 0.1) is 0 Å². The van der Waals surface area contributed by atoms with Crippen LogP contribution >= 0.6 is 23.2 Å². The molecule has 1 heterocycles. The first-order chi connectivity index (χ1) is 7.00. The number of hydrogen-bond donors (Lipinski definition) is 0. The summed E-state index contributed by atoms with van der Waals surface area (Å²) in [4.78, 5) is 13.4. The third kappa shape index (κ3) is 1.40. The van der Waals surface area contributed by atoms with Crippen molar-refractivity contribution in [2.75, 3.05) is 27.3 Å². The van der Waals surface area contributed by atoms with Crippen molar-refractivity contribution in [3.63, 3.8) is 0 Å². The number of rotatable bonds is 1. The van der Waals surface area contributed by atoms with Crippen molar-refractivity contribution < 1.29 is 14.3 Å². The summed E-state index contributed by atoms with van der Waals surface area (Å²) in [6.45, 7) is 0.829. The summed E-state index contributed by atoms with van der Waals surface area (Å²) in [5.74, 6) is -1.52. The zero-order valence-electron chi connectivity index (χ0n) is 8.42. The minimum absolute atomic E-state index is 0.0990. The van der Waals surface area contributed by atoms with Crippen LogP contribution in [0.3, 0.4) is 0 Å². The molecule has 1 atom stereocenters. The first-order valence-corrected chi connectivity index (χ1v) is 5.36. The largest absolute Gasteiger partial charge is 0.375 e. The normalized spacial score (nSPS) is 29.3. The molecule has 1 aliphatic heterocycles. The minimum Gasteiger partial charge on any atom is -0.375 e. The van der Waals surface area contributed by atoms with Gasteiger partial charge in [0.25, 0.3) is 0 Å². The van der Waals surface area contributed by atoms with E-state index < -0.39 is 11.2 Å². The fourth-order valence-electron chi connectivity index (χ4n) is 1.89. The molecule has 0 saturated carbocycles. The number of carbonyl (C=O) groups is 1. The molecular weight excluding hydrogens is 241 g/mol. The van der Waals surface area contributed by atoms with Crippen molar-refractivity contribution in [3.8, 4) is 0 Å². The van der Waals surface area contributed by atoms with Crippen LogP contribution < -0.4 is 0 Å². The fourth-order valence-corrected chi connectivity index (χ4v) is 2.70. The highest BCUT2D eigenvalue weighted by Gasteiger charge is 2.58. The number of halogens is 2. The van der Waals surface area contributed by atoms with Gasteiger partial charge in [0.15, 0.2) is 11.2 Å². The molecule has 0 aromatic heterocycles. The van der Waals surface area contributed by atoms with Crippen molar-refractivity contribution in [1.29, 1.82) is 0 Å². The van der Waals surface area contributed by atoms with Crippen LogP contribution in [-0.4, -0.2) is 49.2 Å². The molecule has 6 heteroatoms. The van der Waals surface area contributed by atoms with Gasteiger partial charge in [-0.15, -0.1) is 11.6 Å². The molecule has 1 fully saturated rings. The number of hydrogen-bond acceptors (Lipinski definition) is 4. The number of ketones is 1. The van der Waals surface area contributed by atoms with Crippen LogP contribution in [-0.2, 0) is 14.3 Å². The Morgan fingerprint density at radius 1 is 1.40 bits per heavy atom. The maximum Gasteiger partial charge on any atom is 0.236 e. The summed E-state index contributed by atoms with van der Waals surface area (Å²) in [6.07, 6.45) is 0. The van der Waals surface area contributed by atoms with Gasteiger partial charge in [-0.3, -0.25) is 4.79 Å². The van der Waals surface area contributed by atoms with Gasteiger partial charge in [0.1, 0.15) is 5.03 Å². The predicted octanol–water partition coefficient (Wildman–Crippen LogP) is 0.932. The summed E-state index contributed by atoms with van der Waals surface area (Å²) in [6, 6.07) is 0. The Labute approximate surface area is 97.7 Å². The highest BCUT2D eigenvalue weighted by molar-refractivity contribution is 6.50. The third-order valence-electron chi connectivity index (χ3n) is 2.48. The third-order valence-corrected chi connectivity index (χ3v) is 3.33. The zero-order chi connectivity index (χ0) is 11.2. The predicted molar refractivity (Wildman–Crippen MR) is 55.8 cm³/mol. The van der Waals surface area contributed by atoms with E-state index in [0.29, 0.717) is 18.9 Å². The lowest BCUT2D eigenvalue weighted by atomic mass is 10.2.